The van der Waals surface area contributed by atoms with Crippen LogP contribution in [0.4, 0.5) is 5.69 Å². The van der Waals surface area contributed by atoms with Crippen molar-refractivity contribution in [1.82, 2.24) is 0 Å². The molecule has 0 bridgehead atoms. The van der Waals surface area contributed by atoms with Gasteiger partial charge in [-0.1, -0.05) is 6.07 Å². The summed E-state index contributed by atoms with van der Waals surface area (Å²) in [6.45, 7) is 1.71. The number of nitro groups is 1. The van der Waals surface area contributed by atoms with E-state index in [-0.39, 0.29) is 16.0 Å². The van der Waals surface area contributed by atoms with Gasteiger partial charge in [0.1, 0.15) is 0 Å². The van der Waals surface area contributed by atoms with Crippen molar-refractivity contribution in [3.05, 3.63) is 39.4 Å². The van der Waals surface area contributed by atoms with Crippen molar-refractivity contribution in [3.8, 4) is 6.07 Å². The van der Waals surface area contributed by atoms with Crippen molar-refractivity contribution in [2.24, 2.45) is 0 Å². The molecule has 0 aromatic heterocycles. The highest BCUT2D eigenvalue weighted by Crippen LogP contribution is 2.43. The minimum Gasteiger partial charge on any atom is -0.258 e. The van der Waals surface area contributed by atoms with Gasteiger partial charge in [0.15, 0.2) is 0 Å². The summed E-state index contributed by atoms with van der Waals surface area (Å²) in [5.41, 5.74) is 1.28. The average molecular weight is 216 g/mol. The second-order valence-electron chi connectivity index (χ2n) is 4.31. The summed E-state index contributed by atoms with van der Waals surface area (Å²) in [6, 6.07) is 7.33. The van der Waals surface area contributed by atoms with Crippen molar-refractivity contribution in [2.75, 3.05) is 0 Å². The van der Waals surface area contributed by atoms with Crippen LogP contribution in [0, 0.1) is 28.4 Å². The number of benzene rings is 1. The predicted molar refractivity (Wildman–Crippen MR) is 59.0 cm³/mol. The first-order chi connectivity index (χ1) is 7.59. The first-order valence-corrected chi connectivity index (χ1v) is 5.26. The molecule has 4 heteroatoms. The largest absolute Gasteiger partial charge is 0.272 e. The number of hydrogen-bond acceptors (Lipinski definition) is 3. The highest BCUT2D eigenvalue weighted by Gasteiger charge is 2.39. The standard InChI is InChI=1S/C12H12N2O2/c1-9-7-10(3-4-11(9)14(15)16)12(8-13)5-2-6-12/h3-4,7H,2,5-6H2,1H3. The van der Waals surface area contributed by atoms with Crippen LogP contribution in [0.15, 0.2) is 18.2 Å². The van der Waals surface area contributed by atoms with Gasteiger partial charge in [-0.25, -0.2) is 0 Å². The second kappa shape index (κ2) is 3.60. The fourth-order valence-electron chi connectivity index (χ4n) is 2.15. The molecule has 0 radical (unpaired) electrons. The maximum absolute atomic E-state index is 10.7. The van der Waals surface area contributed by atoms with E-state index in [4.69, 9.17) is 0 Å². The normalized spacial score (nSPS) is 17.2. The molecule has 82 valence electrons. The monoisotopic (exact) mass is 216 g/mol. The van der Waals surface area contributed by atoms with Crippen LogP contribution < -0.4 is 0 Å². The van der Waals surface area contributed by atoms with Crippen LogP contribution in [0.2, 0.25) is 0 Å². The smallest absolute Gasteiger partial charge is 0.258 e. The third-order valence-electron chi connectivity index (χ3n) is 3.37. The number of rotatable bonds is 2. The predicted octanol–water partition coefficient (Wildman–Crippen LogP) is 2.85. The molecule has 1 saturated carbocycles. The van der Waals surface area contributed by atoms with E-state index in [0.29, 0.717) is 5.56 Å². The Bertz CT molecular complexity index is 484. The summed E-state index contributed by atoms with van der Waals surface area (Å²) in [4.78, 5) is 10.3. The van der Waals surface area contributed by atoms with E-state index < -0.39 is 0 Å². The van der Waals surface area contributed by atoms with Gasteiger partial charge in [-0.3, -0.25) is 10.1 Å². The van der Waals surface area contributed by atoms with E-state index in [0.717, 1.165) is 24.8 Å². The number of hydrogen-bond donors (Lipinski definition) is 0. The number of nitrogens with zero attached hydrogens (tertiary/aromatic N) is 2. The topological polar surface area (TPSA) is 66.9 Å². The first kappa shape index (κ1) is 10.6. The number of nitro benzene ring substituents is 1. The molecule has 0 saturated heterocycles. The fourth-order valence-corrected chi connectivity index (χ4v) is 2.15. The molecule has 0 spiro atoms. The van der Waals surface area contributed by atoms with Gasteiger partial charge in [-0.2, -0.15) is 5.26 Å². The number of aryl methyl sites for hydroxylation is 1. The highest BCUT2D eigenvalue weighted by atomic mass is 16.6. The van der Waals surface area contributed by atoms with Gasteiger partial charge in [0.25, 0.3) is 5.69 Å². The Hall–Kier alpha value is -1.89. The SMILES string of the molecule is Cc1cc(C2(C#N)CCC2)ccc1[N+](=O)[O-]. The number of nitriles is 1. The Labute approximate surface area is 93.7 Å². The summed E-state index contributed by atoms with van der Waals surface area (Å²) in [7, 11) is 0. The zero-order valence-corrected chi connectivity index (χ0v) is 9.06. The van der Waals surface area contributed by atoms with Crippen LogP contribution >= 0.6 is 0 Å². The molecule has 1 aromatic rings. The third kappa shape index (κ3) is 1.45. The van der Waals surface area contributed by atoms with Crippen LogP contribution in [0.25, 0.3) is 0 Å². The Morgan fingerprint density at radius 1 is 1.50 bits per heavy atom. The molecule has 0 atom stereocenters. The van der Waals surface area contributed by atoms with E-state index >= 15 is 0 Å². The lowest BCUT2D eigenvalue weighted by atomic mass is 9.65. The average Bonchev–Trinajstić information content (AvgIpc) is 2.16. The molecule has 0 amide bonds. The van der Waals surface area contributed by atoms with Crippen molar-refractivity contribution in [2.45, 2.75) is 31.6 Å². The Morgan fingerprint density at radius 2 is 2.19 bits per heavy atom. The zero-order chi connectivity index (χ0) is 11.8. The molecule has 16 heavy (non-hydrogen) atoms. The van der Waals surface area contributed by atoms with Gasteiger partial charge in [-0.05, 0) is 37.8 Å². The van der Waals surface area contributed by atoms with Crippen molar-refractivity contribution in [3.63, 3.8) is 0 Å². The lowest BCUT2D eigenvalue weighted by Crippen LogP contribution is -2.32. The maximum Gasteiger partial charge on any atom is 0.272 e. The molecule has 4 nitrogen and oxygen atoms in total. The lowest BCUT2D eigenvalue weighted by Gasteiger charge is -2.35. The third-order valence-corrected chi connectivity index (χ3v) is 3.37. The molecule has 1 fully saturated rings. The van der Waals surface area contributed by atoms with Crippen LogP contribution in [0.1, 0.15) is 30.4 Å². The molecule has 1 aliphatic rings. The molecule has 0 unspecified atom stereocenters. The van der Waals surface area contributed by atoms with Crippen molar-refractivity contribution >= 4 is 5.69 Å². The first-order valence-electron chi connectivity index (χ1n) is 5.26. The summed E-state index contributed by atoms with van der Waals surface area (Å²) < 4.78 is 0. The Kier molecular flexibility index (Phi) is 2.39. The molecule has 1 aromatic carbocycles. The summed E-state index contributed by atoms with van der Waals surface area (Å²) in [5.74, 6) is 0. The lowest BCUT2D eigenvalue weighted by molar-refractivity contribution is -0.385. The summed E-state index contributed by atoms with van der Waals surface area (Å²) in [6.07, 6.45) is 2.78. The van der Waals surface area contributed by atoms with E-state index in [2.05, 4.69) is 6.07 Å². The van der Waals surface area contributed by atoms with Gasteiger partial charge in [-0.15, -0.1) is 0 Å². The quantitative estimate of drug-likeness (QED) is 0.563. The van der Waals surface area contributed by atoms with Crippen LogP contribution in [0.5, 0.6) is 0 Å². The Morgan fingerprint density at radius 3 is 2.56 bits per heavy atom. The molecule has 0 aliphatic heterocycles. The molecule has 0 N–H and O–H groups in total. The van der Waals surface area contributed by atoms with Gasteiger partial charge in [0.05, 0.1) is 16.4 Å². The molecular weight excluding hydrogens is 204 g/mol. The van der Waals surface area contributed by atoms with Crippen LogP contribution in [-0.2, 0) is 5.41 Å². The minimum atomic E-state index is -0.390. The maximum atomic E-state index is 10.7. The van der Waals surface area contributed by atoms with Crippen molar-refractivity contribution < 1.29 is 4.92 Å². The van der Waals surface area contributed by atoms with Gasteiger partial charge >= 0.3 is 0 Å². The highest BCUT2D eigenvalue weighted by molar-refractivity contribution is 5.46. The van der Waals surface area contributed by atoms with E-state index in [1.54, 1.807) is 19.1 Å². The fraction of sp³-hybridized carbons (Fsp3) is 0.417. The van der Waals surface area contributed by atoms with Gasteiger partial charge in [0, 0.05) is 11.6 Å². The van der Waals surface area contributed by atoms with E-state index in [1.807, 2.05) is 0 Å². The second-order valence-corrected chi connectivity index (χ2v) is 4.31. The minimum absolute atomic E-state index is 0.121. The summed E-state index contributed by atoms with van der Waals surface area (Å²) in [5, 5.41) is 19.9. The van der Waals surface area contributed by atoms with Crippen molar-refractivity contribution in [1.29, 1.82) is 5.26 Å². The van der Waals surface area contributed by atoms with Gasteiger partial charge in [0.2, 0.25) is 0 Å². The molecule has 0 heterocycles. The van der Waals surface area contributed by atoms with E-state index in [1.165, 1.54) is 6.07 Å². The molecule has 1 aliphatic carbocycles. The zero-order valence-electron chi connectivity index (χ0n) is 9.06. The van der Waals surface area contributed by atoms with E-state index in [9.17, 15) is 15.4 Å². The van der Waals surface area contributed by atoms with Crippen LogP contribution in [0.3, 0.4) is 0 Å². The Balaban J connectivity index is 2.42. The summed E-state index contributed by atoms with van der Waals surface area (Å²) >= 11 is 0. The molecule has 2 rings (SSSR count). The molecular formula is C12H12N2O2. The van der Waals surface area contributed by atoms with Gasteiger partial charge < -0.3 is 0 Å². The van der Waals surface area contributed by atoms with Crippen LogP contribution in [-0.4, -0.2) is 4.92 Å².